The second-order valence-electron chi connectivity index (χ2n) is 4.55. The number of aromatic nitrogens is 1. The SMILES string of the molecule is CCCOC1CCCN(Cc2csc(N)n2)C1. The number of anilines is 1. The van der Waals surface area contributed by atoms with E-state index in [1.165, 1.54) is 24.2 Å². The van der Waals surface area contributed by atoms with Crippen LogP contribution in [0.25, 0.3) is 0 Å². The van der Waals surface area contributed by atoms with E-state index in [0.29, 0.717) is 11.2 Å². The van der Waals surface area contributed by atoms with Gasteiger partial charge in [-0.05, 0) is 25.8 Å². The van der Waals surface area contributed by atoms with Gasteiger partial charge in [0.25, 0.3) is 0 Å². The Bertz CT molecular complexity index is 342. The van der Waals surface area contributed by atoms with Gasteiger partial charge in [0.15, 0.2) is 5.13 Å². The molecular weight excluding hydrogens is 234 g/mol. The van der Waals surface area contributed by atoms with Crippen LogP contribution in [0.5, 0.6) is 0 Å². The first-order valence-electron chi connectivity index (χ1n) is 6.31. The van der Waals surface area contributed by atoms with Crippen molar-refractivity contribution in [3.05, 3.63) is 11.1 Å². The Kier molecular flexibility index (Phi) is 4.76. The molecule has 5 heteroatoms. The van der Waals surface area contributed by atoms with E-state index in [1.807, 2.05) is 5.38 Å². The number of ether oxygens (including phenoxy) is 1. The molecule has 1 aromatic heterocycles. The lowest BCUT2D eigenvalue weighted by atomic mass is 10.1. The Hall–Kier alpha value is -0.650. The van der Waals surface area contributed by atoms with Gasteiger partial charge in [0.05, 0.1) is 11.8 Å². The first kappa shape index (κ1) is 12.8. The van der Waals surface area contributed by atoms with Gasteiger partial charge in [-0.1, -0.05) is 6.92 Å². The number of nitrogens with zero attached hydrogens (tertiary/aromatic N) is 2. The van der Waals surface area contributed by atoms with Gasteiger partial charge in [-0.25, -0.2) is 4.98 Å². The summed E-state index contributed by atoms with van der Waals surface area (Å²) in [6.07, 6.45) is 3.91. The van der Waals surface area contributed by atoms with Crippen LogP contribution in [0.2, 0.25) is 0 Å². The smallest absolute Gasteiger partial charge is 0.180 e. The van der Waals surface area contributed by atoms with Crippen LogP contribution in [0.15, 0.2) is 5.38 Å². The van der Waals surface area contributed by atoms with Crippen molar-refractivity contribution < 1.29 is 4.74 Å². The molecule has 0 radical (unpaired) electrons. The molecule has 0 bridgehead atoms. The fourth-order valence-corrected chi connectivity index (χ4v) is 2.76. The molecule has 1 aliphatic heterocycles. The maximum Gasteiger partial charge on any atom is 0.180 e. The minimum absolute atomic E-state index is 0.402. The normalized spacial score (nSPS) is 21.8. The van der Waals surface area contributed by atoms with E-state index in [4.69, 9.17) is 10.5 Å². The van der Waals surface area contributed by atoms with Crippen LogP contribution in [0.4, 0.5) is 5.13 Å². The van der Waals surface area contributed by atoms with Crippen LogP contribution in [0, 0.1) is 0 Å². The van der Waals surface area contributed by atoms with Crippen LogP contribution < -0.4 is 5.73 Å². The fraction of sp³-hybridized carbons (Fsp3) is 0.750. The molecule has 2 N–H and O–H groups in total. The predicted molar refractivity (Wildman–Crippen MR) is 71.1 cm³/mol. The zero-order valence-electron chi connectivity index (χ0n) is 10.4. The molecule has 0 aromatic carbocycles. The number of hydrogen-bond donors (Lipinski definition) is 1. The maximum atomic E-state index is 5.82. The van der Waals surface area contributed by atoms with Crippen LogP contribution >= 0.6 is 11.3 Å². The van der Waals surface area contributed by atoms with Crippen molar-refractivity contribution in [2.45, 2.75) is 38.8 Å². The highest BCUT2D eigenvalue weighted by Gasteiger charge is 2.20. The van der Waals surface area contributed by atoms with Crippen molar-refractivity contribution in [3.63, 3.8) is 0 Å². The molecule has 2 rings (SSSR count). The summed E-state index contributed by atoms with van der Waals surface area (Å²) in [6, 6.07) is 0. The lowest BCUT2D eigenvalue weighted by Gasteiger charge is -2.32. The zero-order chi connectivity index (χ0) is 12.1. The van der Waals surface area contributed by atoms with Crippen molar-refractivity contribution >= 4 is 16.5 Å². The molecular formula is C12H21N3OS. The van der Waals surface area contributed by atoms with Gasteiger partial charge in [0, 0.05) is 25.1 Å². The Morgan fingerprint density at radius 1 is 1.65 bits per heavy atom. The third-order valence-electron chi connectivity index (χ3n) is 2.98. The summed E-state index contributed by atoms with van der Waals surface area (Å²) in [4.78, 5) is 6.72. The van der Waals surface area contributed by atoms with Crippen molar-refractivity contribution in [2.24, 2.45) is 0 Å². The predicted octanol–water partition coefficient (Wildman–Crippen LogP) is 2.12. The van der Waals surface area contributed by atoms with Gasteiger partial charge in [-0.2, -0.15) is 0 Å². The molecule has 2 heterocycles. The highest BCUT2D eigenvalue weighted by atomic mass is 32.1. The summed E-state index contributed by atoms with van der Waals surface area (Å²) in [5.41, 5.74) is 6.73. The first-order chi connectivity index (χ1) is 8.28. The van der Waals surface area contributed by atoms with E-state index in [-0.39, 0.29) is 0 Å². The Morgan fingerprint density at radius 3 is 3.24 bits per heavy atom. The number of thiazole rings is 1. The monoisotopic (exact) mass is 255 g/mol. The molecule has 1 atom stereocenters. The second kappa shape index (κ2) is 6.33. The maximum absolute atomic E-state index is 5.82. The van der Waals surface area contributed by atoms with E-state index < -0.39 is 0 Å². The van der Waals surface area contributed by atoms with Gasteiger partial charge in [-0.15, -0.1) is 11.3 Å². The minimum atomic E-state index is 0.402. The summed E-state index contributed by atoms with van der Waals surface area (Å²) in [7, 11) is 0. The van der Waals surface area contributed by atoms with Crippen molar-refractivity contribution in [1.82, 2.24) is 9.88 Å². The van der Waals surface area contributed by atoms with Gasteiger partial charge in [0.1, 0.15) is 0 Å². The summed E-state index contributed by atoms with van der Waals surface area (Å²) >= 11 is 1.52. The Labute approximate surface area is 107 Å². The van der Waals surface area contributed by atoms with Crippen LogP contribution in [-0.4, -0.2) is 35.7 Å². The van der Waals surface area contributed by atoms with E-state index in [9.17, 15) is 0 Å². The summed E-state index contributed by atoms with van der Waals surface area (Å²) < 4.78 is 5.82. The van der Waals surface area contributed by atoms with Gasteiger partial charge in [0.2, 0.25) is 0 Å². The topological polar surface area (TPSA) is 51.4 Å². The molecule has 1 aliphatic rings. The van der Waals surface area contributed by atoms with Crippen molar-refractivity contribution in [3.8, 4) is 0 Å². The minimum Gasteiger partial charge on any atom is -0.377 e. The highest BCUT2D eigenvalue weighted by molar-refractivity contribution is 7.13. The molecule has 17 heavy (non-hydrogen) atoms. The zero-order valence-corrected chi connectivity index (χ0v) is 11.2. The van der Waals surface area contributed by atoms with Crippen molar-refractivity contribution in [1.29, 1.82) is 0 Å². The van der Waals surface area contributed by atoms with Crippen LogP contribution in [0.3, 0.4) is 0 Å². The molecule has 1 unspecified atom stereocenters. The molecule has 0 saturated carbocycles. The van der Waals surface area contributed by atoms with Crippen LogP contribution in [0.1, 0.15) is 31.9 Å². The summed E-state index contributed by atoms with van der Waals surface area (Å²) in [5.74, 6) is 0. The third kappa shape index (κ3) is 3.94. The quantitative estimate of drug-likeness (QED) is 0.875. The second-order valence-corrected chi connectivity index (χ2v) is 5.44. The first-order valence-corrected chi connectivity index (χ1v) is 7.19. The van der Waals surface area contributed by atoms with E-state index in [2.05, 4.69) is 16.8 Å². The average Bonchev–Trinajstić information content (AvgIpc) is 2.73. The molecule has 1 aromatic rings. The fourth-order valence-electron chi connectivity index (χ4n) is 2.20. The van der Waals surface area contributed by atoms with Crippen molar-refractivity contribution in [2.75, 3.05) is 25.4 Å². The molecule has 1 saturated heterocycles. The molecule has 1 fully saturated rings. The summed E-state index contributed by atoms with van der Waals surface area (Å²) in [5, 5.41) is 2.71. The largest absolute Gasteiger partial charge is 0.377 e. The van der Waals surface area contributed by atoms with E-state index in [1.54, 1.807) is 0 Å². The number of rotatable bonds is 5. The lowest BCUT2D eigenvalue weighted by molar-refractivity contribution is -0.00247. The standard InChI is InChI=1S/C12H21N3OS/c1-2-6-16-11-4-3-5-15(8-11)7-10-9-17-12(13)14-10/h9,11H,2-8H2,1H3,(H2,13,14). The number of hydrogen-bond acceptors (Lipinski definition) is 5. The molecule has 0 aliphatic carbocycles. The number of nitrogen functional groups attached to an aromatic ring is 1. The lowest BCUT2D eigenvalue weighted by Crippen LogP contribution is -2.39. The average molecular weight is 255 g/mol. The van der Waals surface area contributed by atoms with Gasteiger partial charge < -0.3 is 10.5 Å². The Balaban J connectivity index is 1.80. The van der Waals surface area contributed by atoms with Gasteiger partial charge >= 0.3 is 0 Å². The molecule has 0 spiro atoms. The number of nitrogens with two attached hydrogens (primary N) is 1. The van der Waals surface area contributed by atoms with E-state index in [0.717, 1.165) is 38.4 Å². The van der Waals surface area contributed by atoms with Gasteiger partial charge in [-0.3, -0.25) is 4.90 Å². The third-order valence-corrected chi connectivity index (χ3v) is 3.70. The summed E-state index contributed by atoms with van der Waals surface area (Å²) in [6.45, 7) is 6.10. The molecule has 4 nitrogen and oxygen atoms in total. The number of likely N-dealkylation sites (tertiary alicyclic amines) is 1. The Morgan fingerprint density at radius 2 is 2.53 bits per heavy atom. The van der Waals surface area contributed by atoms with E-state index >= 15 is 0 Å². The molecule has 96 valence electrons. The number of piperidine rings is 1. The molecule has 0 amide bonds. The van der Waals surface area contributed by atoms with Crippen LogP contribution in [-0.2, 0) is 11.3 Å². The highest BCUT2D eigenvalue weighted by Crippen LogP contribution is 2.18.